The number of hydrogen-bond donors (Lipinski definition) is 0. The van der Waals surface area contributed by atoms with Crippen molar-refractivity contribution in [2.45, 2.75) is 11.3 Å². The van der Waals surface area contributed by atoms with Crippen LogP contribution < -0.4 is 0 Å². The van der Waals surface area contributed by atoms with E-state index in [0.717, 1.165) is 16.6 Å². The average Bonchev–Trinajstić information content (AvgIpc) is 2.09. The van der Waals surface area contributed by atoms with E-state index in [1.165, 1.54) is 4.90 Å². The van der Waals surface area contributed by atoms with E-state index in [2.05, 4.69) is 46.8 Å². The number of rotatable bonds is 4. The second-order valence-corrected chi connectivity index (χ2v) is 4.46. The van der Waals surface area contributed by atoms with Crippen molar-refractivity contribution < 1.29 is 0 Å². The Labute approximate surface area is 86.2 Å². The van der Waals surface area contributed by atoms with E-state index in [1.807, 2.05) is 17.8 Å². The quantitative estimate of drug-likeness (QED) is 0.435. The smallest absolute Gasteiger partial charge is 0.0176 e. The lowest BCUT2D eigenvalue weighted by molar-refractivity contribution is 1.24. The Kier molecular flexibility index (Phi) is 4.48. The molecule has 0 atom stereocenters. The highest BCUT2D eigenvalue weighted by Crippen LogP contribution is 2.20. The molecule has 0 saturated carbocycles. The van der Waals surface area contributed by atoms with Gasteiger partial charge in [0.1, 0.15) is 0 Å². The minimum Gasteiger partial charge on any atom is -0.126 e. The van der Waals surface area contributed by atoms with Gasteiger partial charge in [0, 0.05) is 15.1 Å². The summed E-state index contributed by atoms with van der Waals surface area (Å²) in [6.45, 7) is 3.69. The highest BCUT2D eigenvalue weighted by Gasteiger charge is 1.91. The second-order valence-electron chi connectivity index (χ2n) is 2.38. The topological polar surface area (TPSA) is 0 Å². The molecule has 1 aromatic carbocycles. The van der Waals surface area contributed by atoms with E-state index in [0.29, 0.717) is 0 Å². The summed E-state index contributed by atoms with van der Waals surface area (Å²) in [5, 5.41) is 0. The van der Waals surface area contributed by atoms with E-state index < -0.39 is 0 Å². The number of allylic oxidation sites excluding steroid dienone is 1. The summed E-state index contributed by atoms with van der Waals surface area (Å²) in [7, 11) is 0. The molecule has 2 heteroatoms. The van der Waals surface area contributed by atoms with Crippen molar-refractivity contribution in [3.63, 3.8) is 0 Å². The molecular weight excluding hydrogens is 232 g/mol. The molecule has 12 heavy (non-hydrogen) atoms. The first kappa shape index (κ1) is 9.87. The Hall–Kier alpha value is -0.210. The normalized spacial score (nSPS) is 9.75. The van der Waals surface area contributed by atoms with Crippen molar-refractivity contribution in [2.24, 2.45) is 0 Å². The minimum atomic E-state index is 1.07. The molecule has 0 unspecified atom stereocenters. The summed E-state index contributed by atoms with van der Waals surface area (Å²) in [6.07, 6.45) is 3.02. The van der Waals surface area contributed by atoms with Gasteiger partial charge in [-0.1, -0.05) is 22.0 Å². The Morgan fingerprint density at radius 2 is 2.00 bits per heavy atom. The second kappa shape index (κ2) is 5.44. The zero-order valence-electron chi connectivity index (χ0n) is 6.79. The molecule has 0 bridgehead atoms. The van der Waals surface area contributed by atoms with Crippen molar-refractivity contribution in [2.75, 3.05) is 5.75 Å². The highest BCUT2D eigenvalue weighted by atomic mass is 79.9. The molecule has 0 aliphatic carbocycles. The van der Waals surface area contributed by atoms with Gasteiger partial charge in [-0.05, 0) is 30.7 Å². The van der Waals surface area contributed by atoms with Crippen LogP contribution in [0.5, 0.6) is 0 Å². The fraction of sp³-hybridized carbons (Fsp3) is 0.200. The van der Waals surface area contributed by atoms with Crippen LogP contribution in [0.15, 0.2) is 46.3 Å². The molecule has 0 radical (unpaired) electrons. The van der Waals surface area contributed by atoms with Gasteiger partial charge in [0.05, 0.1) is 0 Å². The van der Waals surface area contributed by atoms with Crippen LogP contribution in [-0.2, 0) is 0 Å². The monoisotopic (exact) mass is 242 g/mol. The maximum Gasteiger partial charge on any atom is 0.0176 e. The van der Waals surface area contributed by atoms with Gasteiger partial charge in [-0.3, -0.25) is 0 Å². The molecule has 64 valence electrons. The Balaban J connectivity index is 2.42. The molecule has 0 fully saturated rings. The Morgan fingerprint density at radius 3 is 2.58 bits per heavy atom. The fourth-order valence-corrected chi connectivity index (χ4v) is 1.90. The largest absolute Gasteiger partial charge is 0.126 e. The van der Waals surface area contributed by atoms with Crippen LogP contribution in [0, 0.1) is 0 Å². The van der Waals surface area contributed by atoms with Crippen LogP contribution in [0.4, 0.5) is 0 Å². The van der Waals surface area contributed by atoms with Gasteiger partial charge < -0.3 is 0 Å². The maximum atomic E-state index is 3.69. The molecule has 0 aliphatic rings. The van der Waals surface area contributed by atoms with Crippen molar-refractivity contribution in [3.05, 3.63) is 41.4 Å². The van der Waals surface area contributed by atoms with Crippen molar-refractivity contribution >= 4 is 27.7 Å². The summed E-state index contributed by atoms with van der Waals surface area (Å²) < 4.78 is 1.13. The lowest BCUT2D eigenvalue weighted by Crippen LogP contribution is -1.75. The molecule has 1 rings (SSSR count). The van der Waals surface area contributed by atoms with Gasteiger partial charge in [0.15, 0.2) is 0 Å². The molecule has 1 aromatic rings. The van der Waals surface area contributed by atoms with E-state index >= 15 is 0 Å². The van der Waals surface area contributed by atoms with Gasteiger partial charge >= 0.3 is 0 Å². The highest BCUT2D eigenvalue weighted by molar-refractivity contribution is 9.10. The van der Waals surface area contributed by atoms with Gasteiger partial charge in [0.25, 0.3) is 0 Å². The zero-order chi connectivity index (χ0) is 8.81. The average molecular weight is 243 g/mol. The molecule has 0 saturated heterocycles. The van der Waals surface area contributed by atoms with Crippen LogP contribution in [0.1, 0.15) is 6.42 Å². The molecule has 0 nitrogen and oxygen atoms in total. The van der Waals surface area contributed by atoms with E-state index in [-0.39, 0.29) is 0 Å². The van der Waals surface area contributed by atoms with Crippen molar-refractivity contribution in [3.8, 4) is 0 Å². The predicted molar refractivity (Wildman–Crippen MR) is 59.7 cm³/mol. The number of hydrogen-bond acceptors (Lipinski definition) is 1. The molecule has 0 N–H and O–H groups in total. The van der Waals surface area contributed by atoms with Crippen LogP contribution in [0.2, 0.25) is 0 Å². The van der Waals surface area contributed by atoms with Crippen LogP contribution in [0.3, 0.4) is 0 Å². The lowest BCUT2D eigenvalue weighted by atomic mass is 10.4. The van der Waals surface area contributed by atoms with Crippen LogP contribution in [-0.4, -0.2) is 5.75 Å². The van der Waals surface area contributed by atoms with Crippen LogP contribution in [0.25, 0.3) is 0 Å². The molecule has 0 aromatic heterocycles. The zero-order valence-corrected chi connectivity index (χ0v) is 9.20. The standard InChI is InChI=1S/C10H11BrS/c1-2-3-8-12-10-6-4-9(11)5-7-10/h2,4-7H,1,3,8H2. The van der Waals surface area contributed by atoms with Gasteiger partial charge in [-0.2, -0.15) is 0 Å². The van der Waals surface area contributed by atoms with Crippen molar-refractivity contribution in [1.82, 2.24) is 0 Å². The molecule has 0 heterocycles. The van der Waals surface area contributed by atoms with E-state index in [9.17, 15) is 0 Å². The van der Waals surface area contributed by atoms with Gasteiger partial charge in [-0.25, -0.2) is 0 Å². The number of halogens is 1. The number of thioether (sulfide) groups is 1. The summed E-state index contributed by atoms with van der Waals surface area (Å²) in [5.74, 6) is 1.12. The number of benzene rings is 1. The summed E-state index contributed by atoms with van der Waals surface area (Å²) in [5.41, 5.74) is 0. The summed E-state index contributed by atoms with van der Waals surface area (Å²) in [6, 6.07) is 8.38. The van der Waals surface area contributed by atoms with Gasteiger partial charge in [-0.15, -0.1) is 18.3 Å². The third-order valence-electron chi connectivity index (χ3n) is 1.40. The molecular formula is C10H11BrS. The Morgan fingerprint density at radius 1 is 1.33 bits per heavy atom. The summed E-state index contributed by atoms with van der Waals surface area (Å²) in [4.78, 5) is 1.32. The lowest BCUT2D eigenvalue weighted by Gasteiger charge is -1.98. The van der Waals surface area contributed by atoms with E-state index in [4.69, 9.17) is 0 Å². The van der Waals surface area contributed by atoms with Crippen LogP contribution >= 0.6 is 27.7 Å². The molecule has 0 spiro atoms. The van der Waals surface area contributed by atoms with Gasteiger partial charge in [0.2, 0.25) is 0 Å². The third-order valence-corrected chi connectivity index (χ3v) is 2.98. The minimum absolute atomic E-state index is 1.07. The third kappa shape index (κ3) is 3.46. The van der Waals surface area contributed by atoms with Crippen molar-refractivity contribution in [1.29, 1.82) is 0 Å². The SMILES string of the molecule is C=CCCSc1ccc(Br)cc1. The first-order valence-electron chi connectivity index (χ1n) is 3.82. The maximum absolute atomic E-state index is 3.69. The fourth-order valence-electron chi connectivity index (χ4n) is 0.791. The first-order valence-corrected chi connectivity index (χ1v) is 5.60. The Bertz CT molecular complexity index is 241. The molecule has 0 aliphatic heterocycles. The van der Waals surface area contributed by atoms with E-state index in [1.54, 1.807) is 0 Å². The molecule has 0 amide bonds. The first-order chi connectivity index (χ1) is 5.83. The summed E-state index contributed by atoms with van der Waals surface area (Å²) >= 11 is 5.26. The predicted octanol–water partition coefficient (Wildman–Crippen LogP) is 4.12.